The first kappa shape index (κ1) is 26.4. The molecule has 0 aliphatic heterocycles. The number of anilines is 4. The molecular weight excluding hydrogens is 501 g/mol. The lowest BCUT2D eigenvalue weighted by Crippen LogP contribution is -2.20. The average Bonchev–Trinajstić information content (AvgIpc) is 2.87. The van der Waals surface area contributed by atoms with E-state index < -0.39 is 15.7 Å². The van der Waals surface area contributed by atoms with Gasteiger partial charge in [0.2, 0.25) is 0 Å². The number of nitro groups is 1. The van der Waals surface area contributed by atoms with E-state index in [1.807, 2.05) is 67.6 Å². The minimum Gasteiger partial charge on any atom is -0.268 e. The fourth-order valence-corrected chi connectivity index (χ4v) is 3.76. The van der Waals surface area contributed by atoms with E-state index in [0.29, 0.717) is 11.4 Å². The smallest absolute Gasteiger partial charge is 0.268 e. The number of hydrogen-bond acceptors (Lipinski definition) is 4. The number of non-ortho nitro benzene ring substituents is 1. The van der Waals surface area contributed by atoms with Gasteiger partial charge in [-0.1, -0.05) is 54.6 Å². The summed E-state index contributed by atoms with van der Waals surface area (Å²) in [6.45, 7) is 1.95. The second kappa shape index (κ2) is 12.5. The van der Waals surface area contributed by atoms with Crippen molar-refractivity contribution >= 4 is 62.4 Å². The van der Waals surface area contributed by atoms with Crippen LogP contribution in [-0.4, -0.2) is 15.7 Å². The van der Waals surface area contributed by atoms with Crippen LogP contribution >= 0.6 is 23.2 Å². The first-order valence-electron chi connectivity index (χ1n) is 10.7. The highest BCUT2D eigenvalue weighted by Gasteiger charge is 2.17. The van der Waals surface area contributed by atoms with Crippen molar-refractivity contribution in [1.82, 2.24) is 0 Å². The average molecular weight is 522 g/mol. The monoisotopic (exact) mass is 521 g/mol. The molecule has 182 valence electrons. The maximum Gasteiger partial charge on any atom is 0.325 e. The zero-order valence-electron chi connectivity index (χ0n) is 19.1. The number of nitrogens with zero attached hydrogens (tertiary/aromatic N) is 3. The van der Waals surface area contributed by atoms with Gasteiger partial charge in [0.25, 0.3) is 5.69 Å². The Hall–Kier alpha value is -4.20. The number of nitro benzene ring substituents is 1. The van der Waals surface area contributed by atoms with Crippen LogP contribution in [0.15, 0.2) is 109 Å². The number of aryl methyl sites for hydroxylation is 1. The number of para-hydroxylation sites is 3. The van der Waals surface area contributed by atoms with Gasteiger partial charge in [0, 0.05) is 12.1 Å². The lowest BCUT2D eigenvalue weighted by Gasteiger charge is -2.21. The van der Waals surface area contributed by atoms with Gasteiger partial charge in [-0.2, -0.15) is 0 Å². The fraction of sp³-hybridized carbons (Fsp3) is 0.0370. The Morgan fingerprint density at radius 2 is 1.06 bits per heavy atom. The largest absolute Gasteiger partial charge is 0.325 e. The molecular formula is C27H21Cl2N3O4. The van der Waals surface area contributed by atoms with Gasteiger partial charge in [-0.05, 0) is 78.2 Å². The van der Waals surface area contributed by atoms with Crippen LogP contribution in [0.4, 0.5) is 38.0 Å². The van der Waals surface area contributed by atoms with Gasteiger partial charge in [-0.3, -0.25) is 29.5 Å². The minimum absolute atomic E-state index is 0.0428. The molecule has 0 radical (unpaired) electrons. The van der Waals surface area contributed by atoms with Crippen molar-refractivity contribution in [2.24, 2.45) is 0 Å². The van der Waals surface area contributed by atoms with E-state index >= 15 is 0 Å². The number of hydrogen-bond donors (Lipinski definition) is 0. The van der Waals surface area contributed by atoms with Crippen molar-refractivity contribution in [2.75, 3.05) is 9.80 Å². The fourth-order valence-electron chi connectivity index (χ4n) is 3.38. The van der Waals surface area contributed by atoms with Crippen molar-refractivity contribution in [3.05, 3.63) is 125 Å². The zero-order chi connectivity index (χ0) is 26.1. The summed E-state index contributed by atoms with van der Waals surface area (Å²) in [6, 6.07) is 31.4. The third-order valence-electron chi connectivity index (χ3n) is 5.06. The number of rotatable bonds is 5. The maximum atomic E-state index is 11.6. The van der Waals surface area contributed by atoms with E-state index in [4.69, 9.17) is 23.2 Å². The quantitative estimate of drug-likeness (QED) is 0.114. The molecule has 4 aromatic carbocycles. The van der Waals surface area contributed by atoms with Crippen LogP contribution in [0.3, 0.4) is 0 Å². The minimum atomic E-state index is -0.681. The van der Waals surface area contributed by atoms with E-state index in [1.165, 1.54) is 34.1 Å². The van der Waals surface area contributed by atoms with Gasteiger partial charge >= 0.3 is 10.7 Å². The molecule has 0 fully saturated rings. The summed E-state index contributed by atoms with van der Waals surface area (Å²) in [4.78, 5) is 36.0. The Bertz CT molecular complexity index is 1330. The van der Waals surface area contributed by atoms with Crippen molar-refractivity contribution in [3.63, 3.8) is 0 Å². The third kappa shape index (κ3) is 6.69. The van der Waals surface area contributed by atoms with Crippen LogP contribution in [0.1, 0.15) is 5.56 Å². The molecule has 0 saturated carbocycles. The van der Waals surface area contributed by atoms with Crippen LogP contribution in [0, 0.1) is 17.0 Å². The van der Waals surface area contributed by atoms with Gasteiger partial charge in [0.15, 0.2) is 0 Å². The normalized spacial score (nSPS) is 9.97. The van der Waals surface area contributed by atoms with Crippen LogP contribution < -0.4 is 9.80 Å². The molecule has 4 aromatic rings. The number of amides is 2. The summed E-state index contributed by atoms with van der Waals surface area (Å²) in [5, 5.41) is 9.40. The summed E-state index contributed by atoms with van der Waals surface area (Å²) < 4.78 is 0. The molecule has 0 aliphatic carbocycles. The van der Waals surface area contributed by atoms with Crippen molar-refractivity contribution in [3.8, 4) is 0 Å². The topological polar surface area (TPSA) is 83.8 Å². The predicted molar refractivity (Wildman–Crippen MR) is 144 cm³/mol. The molecule has 36 heavy (non-hydrogen) atoms. The van der Waals surface area contributed by atoms with Crippen LogP contribution in [-0.2, 0) is 0 Å². The molecule has 0 N–H and O–H groups in total. The predicted octanol–water partition coefficient (Wildman–Crippen LogP) is 8.58. The summed E-state index contributed by atoms with van der Waals surface area (Å²) in [5.74, 6) is 0. The number of carbonyl (C=O) groups is 2. The molecule has 4 rings (SSSR count). The summed E-state index contributed by atoms with van der Waals surface area (Å²) in [6.07, 6.45) is 0. The third-order valence-corrected chi connectivity index (χ3v) is 5.39. The molecule has 0 aliphatic rings. The highest BCUT2D eigenvalue weighted by molar-refractivity contribution is 6.67. The Kier molecular flexibility index (Phi) is 9.16. The van der Waals surface area contributed by atoms with Crippen molar-refractivity contribution in [2.45, 2.75) is 6.92 Å². The molecule has 0 spiro atoms. The lowest BCUT2D eigenvalue weighted by atomic mass is 10.1. The molecule has 7 nitrogen and oxygen atoms in total. The van der Waals surface area contributed by atoms with E-state index in [9.17, 15) is 19.7 Å². The van der Waals surface area contributed by atoms with E-state index in [1.54, 1.807) is 24.3 Å². The number of halogens is 2. The van der Waals surface area contributed by atoms with Crippen molar-refractivity contribution in [1.29, 1.82) is 0 Å². The maximum absolute atomic E-state index is 11.6. The van der Waals surface area contributed by atoms with Crippen LogP contribution in [0.25, 0.3) is 0 Å². The second-order valence-corrected chi connectivity index (χ2v) is 8.05. The molecule has 0 bridgehead atoms. The molecule has 0 saturated heterocycles. The van der Waals surface area contributed by atoms with Crippen LogP contribution in [0.5, 0.6) is 0 Å². The molecule has 9 heteroatoms. The summed E-state index contributed by atoms with van der Waals surface area (Å²) >= 11 is 11.2. The number of carbonyl (C=O) groups excluding carboxylic acids is 2. The molecule has 0 aromatic heterocycles. The number of benzene rings is 4. The summed E-state index contributed by atoms with van der Waals surface area (Å²) in [5.41, 5.74) is 3.60. The van der Waals surface area contributed by atoms with Crippen LogP contribution in [0.2, 0.25) is 0 Å². The Balaban J connectivity index is 0.000000202. The molecule has 0 unspecified atom stereocenters. The van der Waals surface area contributed by atoms with E-state index in [-0.39, 0.29) is 5.69 Å². The Labute approximate surface area is 218 Å². The Morgan fingerprint density at radius 3 is 1.50 bits per heavy atom. The van der Waals surface area contributed by atoms with Gasteiger partial charge in [0.1, 0.15) is 0 Å². The van der Waals surface area contributed by atoms with Gasteiger partial charge in [-0.15, -0.1) is 0 Å². The van der Waals surface area contributed by atoms with Gasteiger partial charge in [-0.25, -0.2) is 0 Å². The summed E-state index contributed by atoms with van der Waals surface area (Å²) in [7, 11) is 0. The zero-order valence-corrected chi connectivity index (χ0v) is 20.6. The lowest BCUT2D eigenvalue weighted by molar-refractivity contribution is -0.384. The van der Waals surface area contributed by atoms with Crippen molar-refractivity contribution < 1.29 is 14.5 Å². The van der Waals surface area contributed by atoms with Gasteiger partial charge < -0.3 is 0 Å². The highest BCUT2D eigenvalue weighted by Crippen LogP contribution is 2.30. The molecule has 0 heterocycles. The first-order valence-corrected chi connectivity index (χ1v) is 11.4. The highest BCUT2D eigenvalue weighted by atomic mass is 35.5. The van der Waals surface area contributed by atoms with E-state index in [2.05, 4.69) is 0 Å². The second-order valence-electron chi connectivity index (χ2n) is 7.41. The molecule has 2 amide bonds. The molecule has 0 atom stereocenters. The van der Waals surface area contributed by atoms with Gasteiger partial charge in [0.05, 0.1) is 27.7 Å². The first-order chi connectivity index (χ1) is 17.3. The Morgan fingerprint density at radius 1 is 0.639 bits per heavy atom. The van der Waals surface area contributed by atoms with E-state index in [0.717, 1.165) is 16.9 Å². The SMILES string of the molecule is Cc1ccccc1N(C(=O)Cl)c1ccccc1.O=C(Cl)N(c1ccccc1)c1ccc([N+](=O)[O-])cc1. The standard InChI is InChI=1S/C14H12ClNO.C13H9ClN2O3/c1-11-7-5-6-10-13(11)16(14(15)17)12-8-3-2-4-9-12;14-13(17)15(10-4-2-1-3-5-10)11-6-8-12(9-7-11)16(18)19/h2-10H,1H3;1-9H.